The monoisotopic (exact) mass is 469 g/mol. The Labute approximate surface area is 186 Å². The Morgan fingerprint density at radius 2 is 1.75 bits per heavy atom. The molecule has 1 heterocycles. The van der Waals surface area contributed by atoms with Crippen LogP contribution in [0.5, 0.6) is 0 Å². The molecular weight excluding hydrogens is 451 g/mol. The normalized spacial score (nSPS) is 12.0. The van der Waals surface area contributed by atoms with E-state index in [-0.39, 0.29) is 42.0 Å². The number of anilines is 1. The number of halogens is 4. The zero-order chi connectivity index (χ0) is 22.6. The summed E-state index contributed by atoms with van der Waals surface area (Å²) < 4.78 is 44.4. The van der Waals surface area contributed by atoms with Crippen LogP contribution in [-0.2, 0) is 22.2 Å². The Bertz CT molecular complexity index is 1170. The van der Waals surface area contributed by atoms with Gasteiger partial charge in [-0.3, -0.25) is 9.59 Å². The van der Waals surface area contributed by atoms with Crippen molar-refractivity contribution in [3.63, 3.8) is 0 Å². The van der Waals surface area contributed by atoms with Crippen LogP contribution in [0.3, 0.4) is 0 Å². The van der Waals surface area contributed by atoms with Gasteiger partial charge in [-0.25, -0.2) is 4.79 Å². The van der Waals surface area contributed by atoms with Gasteiger partial charge in [0.25, 0.3) is 0 Å². The molecule has 0 aliphatic heterocycles. The summed E-state index contributed by atoms with van der Waals surface area (Å²) in [7, 11) is 0. The highest BCUT2D eigenvalue weighted by Gasteiger charge is 2.34. The van der Waals surface area contributed by atoms with Gasteiger partial charge < -0.3 is 20.8 Å². The molecule has 32 heavy (non-hydrogen) atoms. The highest BCUT2D eigenvalue weighted by molar-refractivity contribution is 5.99. The molecule has 2 amide bonds. The number of nitrogens with one attached hydrogen (secondary N) is 2. The minimum absolute atomic E-state index is 0. The van der Waals surface area contributed by atoms with Gasteiger partial charge in [0.2, 0.25) is 11.8 Å². The number of carbonyl (C=O) groups is 2. The first kappa shape index (κ1) is 24.9. The summed E-state index contributed by atoms with van der Waals surface area (Å²) in [6.07, 6.45) is -4.58. The SMILES string of the molecule is Cl.NCC(=O)N[C@@H](Cc1ccccc1)C(=O)Nc1ccc2c(C(F)(F)F)cc(=O)oc2c1. The average molecular weight is 470 g/mol. The predicted molar refractivity (Wildman–Crippen MR) is 114 cm³/mol. The van der Waals surface area contributed by atoms with Gasteiger partial charge in [-0.1, -0.05) is 30.3 Å². The Balaban J connectivity index is 0.00000363. The summed E-state index contributed by atoms with van der Waals surface area (Å²) in [6, 6.07) is 11.8. The molecule has 0 saturated heterocycles. The van der Waals surface area contributed by atoms with Crippen molar-refractivity contribution >= 4 is 40.9 Å². The quantitative estimate of drug-likeness (QED) is 0.480. The lowest BCUT2D eigenvalue weighted by molar-refractivity contribution is -0.136. The van der Waals surface area contributed by atoms with Gasteiger partial charge in [0.1, 0.15) is 11.6 Å². The molecule has 3 rings (SSSR count). The maximum absolute atomic E-state index is 13.2. The zero-order valence-electron chi connectivity index (χ0n) is 16.4. The Morgan fingerprint density at radius 1 is 1.06 bits per heavy atom. The summed E-state index contributed by atoms with van der Waals surface area (Å²) in [5.74, 6) is -1.16. The molecule has 0 aliphatic carbocycles. The zero-order valence-corrected chi connectivity index (χ0v) is 17.3. The van der Waals surface area contributed by atoms with Crippen LogP contribution in [0.4, 0.5) is 18.9 Å². The van der Waals surface area contributed by atoms with Crippen molar-refractivity contribution in [3.8, 4) is 0 Å². The van der Waals surface area contributed by atoms with Crippen LogP contribution >= 0.6 is 12.4 Å². The molecule has 1 atom stereocenters. The van der Waals surface area contributed by atoms with Gasteiger partial charge in [-0.15, -0.1) is 12.4 Å². The number of rotatable bonds is 6. The van der Waals surface area contributed by atoms with E-state index in [0.717, 1.165) is 17.7 Å². The first-order valence-corrected chi connectivity index (χ1v) is 9.16. The van der Waals surface area contributed by atoms with Crippen LogP contribution < -0.4 is 22.0 Å². The van der Waals surface area contributed by atoms with Crippen molar-refractivity contribution in [2.24, 2.45) is 5.73 Å². The maximum atomic E-state index is 13.2. The van der Waals surface area contributed by atoms with Crippen LogP contribution in [0.1, 0.15) is 11.1 Å². The van der Waals surface area contributed by atoms with E-state index in [4.69, 9.17) is 10.2 Å². The second-order valence-electron chi connectivity index (χ2n) is 6.69. The molecule has 11 heteroatoms. The number of hydrogen-bond acceptors (Lipinski definition) is 5. The second kappa shape index (κ2) is 10.3. The van der Waals surface area contributed by atoms with E-state index < -0.39 is 35.2 Å². The van der Waals surface area contributed by atoms with Crippen LogP contribution in [-0.4, -0.2) is 24.4 Å². The van der Waals surface area contributed by atoms with Gasteiger partial charge in [0, 0.05) is 29.6 Å². The third kappa shape index (κ3) is 6.08. The van der Waals surface area contributed by atoms with Crippen molar-refractivity contribution in [1.29, 1.82) is 0 Å². The molecule has 4 N–H and O–H groups in total. The van der Waals surface area contributed by atoms with E-state index in [9.17, 15) is 27.6 Å². The molecular formula is C21H19ClF3N3O4. The van der Waals surface area contributed by atoms with E-state index in [2.05, 4.69) is 10.6 Å². The predicted octanol–water partition coefficient (Wildman–Crippen LogP) is 2.86. The maximum Gasteiger partial charge on any atom is 0.417 e. The lowest BCUT2D eigenvalue weighted by Crippen LogP contribution is -2.47. The Kier molecular flexibility index (Phi) is 8.01. The van der Waals surface area contributed by atoms with Crippen LogP contribution in [0.2, 0.25) is 0 Å². The number of nitrogens with two attached hydrogens (primary N) is 1. The highest BCUT2D eigenvalue weighted by atomic mass is 35.5. The number of benzene rings is 2. The third-order valence-electron chi connectivity index (χ3n) is 4.44. The van der Waals surface area contributed by atoms with Gasteiger partial charge in [-0.05, 0) is 17.7 Å². The molecule has 0 fully saturated rings. The van der Waals surface area contributed by atoms with Crippen LogP contribution in [0.15, 0.2) is 63.8 Å². The number of amides is 2. The topological polar surface area (TPSA) is 114 Å². The van der Waals surface area contributed by atoms with E-state index in [1.807, 2.05) is 0 Å². The molecule has 0 spiro atoms. The molecule has 0 saturated carbocycles. The fraction of sp³-hybridized carbons (Fsp3) is 0.190. The molecule has 170 valence electrons. The molecule has 0 aliphatic rings. The summed E-state index contributed by atoms with van der Waals surface area (Å²) in [4.78, 5) is 36.0. The highest BCUT2D eigenvalue weighted by Crippen LogP contribution is 2.34. The lowest BCUT2D eigenvalue weighted by atomic mass is 10.0. The first-order valence-electron chi connectivity index (χ1n) is 9.16. The van der Waals surface area contributed by atoms with Crippen molar-refractivity contribution in [2.75, 3.05) is 11.9 Å². The summed E-state index contributed by atoms with van der Waals surface area (Å²) in [5.41, 5.74) is 3.56. The second-order valence-corrected chi connectivity index (χ2v) is 6.69. The minimum atomic E-state index is -4.74. The van der Waals surface area contributed by atoms with Gasteiger partial charge in [0.05, 0.1) is 12.1 Å². The van der Waals surface area contributed by atoms with E-state index in [1.165, 1.54) is 6.07 Å². The van der Waals surface area contributed by atoms with Gasteiger partial charge in [-0.2, -0.15) is 13.2 Å². The fourth-order valence-corrected chi connectivity index (χ4v) is 3.02. The molecule has 2 aromatic carbocycles. The number of carbonyl (C=O) groups excluding carboxylic acids is 2. The first-order chi connectivity index (χ1) is 14.7. The number of fused-ring (bicyclic) bond motifs is 1. The molecule has 0 unspecified atom stereocenters. The standard InChI is InChI=1S/C21H18F3N3O4.ClH/c22-21(23,24)15-10-19(29)31-17-9-13(6-7-14(15)17)26-20(30)16(27-18(28)11-25)8-12-4-2-1-3-5-12;/h1-7,9-10,16H,8,11,25H2,(H,26,30)(H,27,28);1H/t16-;/m0./s1. The van der Waals surface area contributed by atoms with Crippen LogP contribution in [0, 0.1) is 0 Å². The van der Waals surface area contributed by atoms with Crippen molar-refractivity contribution in [2.45, 2.75) is 18.6 Å². The van der Waals surface area contributed by atoms with Gasteiger partial charge in [0.15, 0.2) is 0 Å². The average Bonchev–Trinajstić information content (AvgIpc) is 2.72. The van der Waals surface area contributed by atoms with Gasteiger partial charge >= 0.3 is 11.8 Å². The molecule has 0 bridgehead atoms. The summed E-state index contributed by atoms with van der Waals surface area (Å²) in [5, 5.41) is 4.72. The number of alkyl halides is 3. The Morgan fingerprint density at radius 3 is 2.38 bits per heavy atom. The lowest BCUT2D eigenvalue weighted by Gasteiger charge is -2.18. The molecule has 0 radical (unpaired) electrons. The van der Waals surface area contributed by atoms with Crippen molar-refractivity contribution in [1.82, 2.24) is 5.32 Å². The third-order valence-corrected chi connectivity index (χ3v) is 4.44. The van der Waals surface area contributed by atoms with Crippen molar-refractivity contribution < 1.29 is 27.2 Å². The molecule has 3 aromatic rings. The summed E-state index contributed by atoms with van der Waals surface area (Å²) in [6.45, 7) is -0.320. The van der Waals surface area contributed by atoms with Crippen molar-refractivity contribution in [3.05, 3.63) is 76.1 Å². The smallest absolute Gasteiger partial charge is 0.417 e. The minimum Gasteiger partial charge on any atom is -0.423 e. The summed E-state index contributed by atoms with van der Waals surface area (Å²) >= 11 is 0. The Hall–Kier alpha value is -3.37. The van der Waals surface area contributed by atoms with E-state index >= 15 is 0 Å². The largest absolute Gasteiger partial charge is 0.423 e. The fourth-order valence-electron chi connectivity index (χ4n) is 3.02. The van der Waals surface area contributed by atoms with Crippen LogP contribution in [0.25, 0.3) is 11.0 Å². The van der Waals surface area contributed by atoms with E-state index in [1.54, 1.807) is 30.3 Å². The molecule has 1 aromatic heterocycles. The van der Waals surface area contributed by atoms with E-state index in [0.29, 0.717) is 6.07 Å². The molecule has 7 nitrogen and oxygen atoms in total. The number of hydrogen-bond donors (Lipinski definition) is 3.